The van der Waals surface area contributed by atoms with Gasteiger partial charge in [0.1, 0.15) is 13.0 Å². The summed E-state index contributed by atoms with van der Waals surface area (Å²) in [6, 6.07) is -0.840. The summed E-state index contributed by atoms with van der Waals surface area (Å²) in [5.74, 6) is -1.71. The lowest BCUT2D eigenvalue weighted by molar-refractivity contribution is -0.139. The smallest absolute Gasteiger partial charge is 0.331 e. The zero-order valence-corrected chi connectivity index (χ0v) is 8.91. The number of carbonyl (C=O) groups excluding carboxylic acids is 4. The van der Waals surface area contributed by atoms with Gasteiger partial charge in [0, 0.05) is 6.54 Å². The van der Waals surface area contributed by atoms with Crippen molar-refractivity contribution in [1.29, 1.82) is 0 Å². The van der Waals surface area contributed by atoms with Crippen molar-refractivity contribution in [1.82, 2.24) is 15.5 Å². The molecule has 0 aromatic heterocycles. The largest absolute Gasteiger partial charge is 0.355 e. The third kappa shape index (κ3) is 3.04. The van der Waals surface area contributed by atoms with E-state index in [-0.39, 0.29) is 6.54 Å². The molecule has 0 aliphatic carbocycles. The number of imide groups is 2. The Morgan fingerprint density at radius 3 is 2.69 bits per heavy atom. The summed E-state index contributed by atoms with van der Waals surface area (Å²) in [6.45, 7) is 2.02. The van der Waals surface area contributed by atoms with Crippen LogP contribution in [-0.4, -0.2) is 41.7 Å². The summed E-state index contributed by atoms with van der Waals surface area (Å²) in [4.78, 5) is 45.3. The molecule has 0 saturated carbocycles. The zero-order valence-electron chi connectivity index (χ0n) is 8.91. The highest BCUT2D eigenvalue weighted by molar-refractivity contribution is 6.15. The van der Waals surface area contributed by atoms with Gasteiger partial charge in [-0.3, -0.25) is 24.6 Å². The molecule has 0 bridgehead atoms. The lowest BCUT2D eigenvalue weighted by atomic mass is 10.3. The maximum Gasteiger partial charge on any atom is 0.331 e. The van der Waals surface area contributed by atoms with Crippen LogP contribution in [0.25, 0.3) is 0 Å². The Hall–Kier alpha value is -1.92. The predicted octanol–water partition coefficient (Wildman–Crippen LogP) is -1.02. The third-order valence-corrected chi connectivity index (χ3v) is 1.98. The summed E-state index contributed by atoms with van der Waals surface area (Å²) in [5.41, 5.74) is 0. The first-order valence-corrected chi connectivity index (χ1v) is 4.95. The maximum atomic E-state index is 11.3. The van der Waals surface area contributed by atoms with Gasteiger partial charge in [0.05, 0.1) is 0 Å². The Bertz CT molecular complexity index is 320. The molecule has 2 N–H and O–H groups in total. The first-order valence-electron chi connectivity index (χ1n) is 4.95. The van der Waals surface area contributed by atoms with Crippen molar-refractivity contribution >= 4 is 23.8 Å². The van der Waals surface area contributed by atoms with Crippen LogP contribution >= 0.6 is 0 Å². The van der Waals surface area contributed by atoms with Crippen molar-refractivity contribution in [3.8, 4) is 0 Å². The van der Waals surface area contributed by atoms with Crippen molar-refractivity contribution in [2.24, 2.45) is 0 Å². The van der Waals surface area contributed by atoms with Gasteiger partial charge in [-0.1, -0.05) is 6.92 Å². The molecular formula is C9H13N3O4. The molecule has 0 aromatic carbocycles. The second kappa shape index (κ2) is 5.24. The molecule has 0 spiro atoms. The fraction of sp³-hybridized carbons (Fsp3) is 0.556. The molecule has 0 atom stereocenters. The van der Waals surface area contributed by atoms with Crippen molar-refractivity contribution in [2.75, 3.05) is 13.1 Å². The number of urea groups is 1. The Morgan fingerprint density at radius 2 is 2.12 bits per heavy atom. The van der Waals surface area contributed by atoms with Gasteiger partial charge in [0.25, 0.3) is 0 Å². The molecule has 88 valence electrons. The van der Waals surface area contributed by atoms with Gasteiger partial charge in [-0.05, 0) is 6.42 Å². The molecule has 0 radical (unpaired) electrons. The van der Waals surface area contributed by atoms with Crippen LogP contribution < -0.4 is 10.6 Å². The van der Waals surface area contributed by atoms with Gasteiger partial charge in [-0.15, -0.1) is 0 Å². The highest BCUT2D eigenvalue weighted by Gasteiger charge is 2.31. The summed E-state index contributed by atoms with van der Waals surface area (Å²) < 4.78 is 0. The molecule has 1 rings (SSSR count). The fourth-order valence-corrected chi connectivity index (χ4v) is 1.20. The third-order valence-electron chi connectivity index (χ3n) is 1.98. The molecule has 0 aromatic rings. The number of hydrogen-bond acceptors (Lipinski definition) is 4. The Labute approximate surface area is 92.2 Å². The second-order valence-corrected chi connectivity index (χ2v) is 3.36. The summed E-state index contributed by atoms with van der Waals surface area (Å²) in [5, 5.41) is 4.50. The second-order valence-electron chi connectivity index (χ2n) is 3.36. The molecule has 1 aliphatic rings. The van der Waals surface area contributed by atoms with Crippen LogP contribution in [0, 0.1) is 0 Å². The molecule has 16 heavy (non-hydrogen) atoms. The van der Waals surface area contributed by atoms with Gasteiger partial charge >= 0.3 is 6.03 Å². The molecule has 1 fully saturated rings. The number of nitrogens with one attached hydrogen (secondary N) is 2. The minimum atomic E-state index is -0.840. The molecule has 7 nitrogen and oxygen atoms in total. The molecule has 0 unspecified atom stereocenters. The van der Waals surface area contributed by atoms with Gasteiger partial charge in [0.2, 0.25) is 17.7 Å². The van der Waals surface area contributed by atoms with Crippen molar-refractivity contribution < 1.29 is 19.2 Å². The molecule has 5 amide bonds. The Morgan fingerprint density at radius 1 is 1.44 bits per heavy atom. The van der Waals surface area contributed by atoms with Crippen LogP contribution in [0.15, 0.2) is 0 Å². The molecule has 1 saturated heterocycles. The van der Waals surface area contributed by atoms with E-state index < -0.39 is 30.2 Å². The van der Waals surface area contributed by atoms with Crippen LogP contribution in [0.1, 0.15) is 19.8 Å². The van der Waals surface area contributed by atoms with Crippen molar-refractivity contribution in [3.63, 3.8) is 0 Å². The number of rotatable bonds is 4. The Kier molecular flexibility index (Phi) is 3.98. The van der Waals surface area contributed by atoms with Crippen LogP contribution in [0.2, 0.25) is 0 Å². The van der Waals surface area contributed by atoms with Gasteiger partial charge < -0.3 is 5.32 Å². The average Bonchev–Trinajstić information content (AvgIpc) is 2.20. The van der Waals surface area contributed by atoms with E-state index >= 15 is 0 Å². The van der Waals surface area contributed by atoms with Crippen molar-refractivity contribution in [3.05, 3.63) is 0 Å². The summed E-state index contributed by atoms with van der Waals surface area (Å²) >= 11 is 0. The quantitative estimate of drug-likeness (QED) is 0.601. The van der Waals surface area contributed by atoms with Gasteiger partial charge in [-0.25, -0.2) is 4.79 Å². The van der Waals surface area contributed by atoms with E-state index in [4.69, 9.17) is 0 Å². The molecule has 1 aliphatic heterocycles. The summed E-state index contributed by atoms with van der Waals surface area (Å²) in [6.07, 6.45) is 0.372. The first kappa shape index (κ1) is 12.2. The number of amides is 5. The van der Waals surface area contributed by atoms with E-state index in [2.05, 4.69) is 5.32 Å². The van der Waals surface area contributed by atoms with Gasteiger partial charge in [-0.2, -0.15) is 0 Å². The van der Waals surface area contributed by atoms with Crippen LogP contribution in [0.4, 0.5) is 4.79 Å². The monoisotopic (exact) mass is 227 g/mol. The van der Waals surface area contributed by atoms with E-state index in [1.54, 1.807) is 0 Å². The molecule has 7 heteroatoms. The maximum absolute atomic E-state index is 11.3. The normalized spacial score (nSPS) is 16.1. The van der Waals surface area contributed by atoms with E-state index in [9.17, 15) is 19.2 Å². The zero-order chi connectivity index (χ0) is 12.1. The number of barbiturate groups is 1. The predicted molar refractivity (Wildman–Crippen MR) is 53.2 cm³/mol. The van der Waals surface area contributed by atoms with Crippen molar-refractivity contribution in [2.45, 2.75) is 19.8 Å². The highest BCUT2D eigenvalue weighted by Crippen LogP contribution is 2.01. The first-order chi connectivity index (χ1) is 7.54. The average molecular weight is 227 g/mol. The minimum Gasteiger partial charge on any atom is -0.355 e. The van der Waals surface area contributed by atoms with Crippen LogP contribution in [0.3, 0.4) is 0 Å². The molecular weight excluding hydrogens is 214 g/mol. The standard InChI is InChI=1S/C9H13N3O4/c1-2-3-10-7(14)5-12-8(15)4-6(13)11-9(12)16/h2-5H2,1H3,(H,10,14)(H,11,13,16). The number of hydrogen-bond donors (Lipinski definition) is 2. The van der Waals surface area contributed by atoms with E-state index in [1.165, 1.54) is 0 Å². The Balaban J connectivity index is 2.52. The van der Waals surface area contributed by atoms with E-state index in [0.717, 1.165) is 11.3 Å². The van der Waals surface area contributed by atoms with E-state index in [1.807, 2.05) is 12.2 Å². The minimum absolute atomic E-state index is 0.349. The number of nitrogens with zero attached hydrogens (tertiary/aromatic N) is 1. The SMILES string of the molecule is CCCNC(=O)CN1C(=O)CC(=O)NC1=O. The van der Waals surface area contributed by atoms with Gasteiger partial charge in [0.15, 0.2) is 0 Å². The molecule has 1 heterocycles. The lowest BCUT2D eigenvalue weighted by Crippen LogP contribution is -2.55. The fourth-order valence-electron chi connectivity index (χ4n) is 1.20. The van der Waals surface area contributed by atoms with Crippen LogP contribution in [-0.2, 0) is 14.4 Å². The van der Waals surface area contributed by atoms with E-state index in [0.29, 0.717) is 6.54 Å². The number of carbonyl (C=O) groups is 4. The lowest BCUT2D eigenvalue weighted by Gasteiger charge is -2.23. The topological polar surface area (TPSA) is 95.6 Å². The van der Waals surface area contributed by atoms with Crippen LogP contribution in [0.5, 0.6) is 0 Å². The highest BCUT2D eigenvalue weighted by atomic mass is 16.2. The summed E-state index contributed by atoms with van der Waals surface area (Å²) in [7, 11) is 0.